The van der Waals surface area contributed by atoms with Gasteiger partial charge in [-0.1, -0.05) is 18.2 Å². The second kappa shape index (κ2) is 10.6. The number of nitrogens with one attached hydrogen (secondary N) is 1. The number of aromatic nitrogens is 2. The molecular weight excluding hydrogens is 440 g/mol. The summed E-state index contributed by atoms with van der Waals surface area (Å²) in [4.78, 5) is 34.9. The first-order valence-corrected chi connectivity index (χ1v) is 10.8. The molecule has 0 spiro atoms. The summed E-state index contributed by atoms with van der Waals surface area (Å²) >= 11 is 0. The van der Waals surface area contributed by atoms with E-state index in [0.29, 0.717) is 49.1 Å². The fourth-order valence-corrected chi connectivity index (χ4v) is 3.42. The molecule has 0 atom stereocenters. The Morgan fingerprint density at radius 3 is 2.41 bits per heavy atom. The molecule has 1 fully saturated rings. The third kappa shape index (κ3) is 5.41. The molecule has 2 N–H and O–H groups in total. The summed E-state index contributed by atoms with van der Waals surface area (Å²) in [6.07, 6.45) is -0.626. The number of carboxylic acid groups (broad SMARTS) is 1. The number of carbonyl (C=O) groups is 2. The zero-order valence-corrected chi connectivity index (χ0v) is 18.6. The molecule has 0 radical (unpaired) electrons. The second-order valence-electron chi connectivity index (χ2n) is 7.29. The van der Waals surface area contributed by atoms with Gasteiger partial charge >= 0.3 is 12.1 Å². The minimum Gasteiger partial charge on any atom is -0.488 e. The number of rotatable bonds is 7. The number of amides is 1. The van der Waals surface area contributed by atoms with E-state index in [4.69, 9.17) is 14.2 Å². The number of aromatic carboxylic acids is 1. The number of hydrogen-bond acceptors (Lipinski definition) is 8. The van der Waals surface area contributed by atoms with E-state index < -0.39 is 12.1 Å². The lowest BCUT2D eigenvalue weighted by atomic mass is 10.2. The first-order valence-electron chi connectivity index (χ1n) is 10.8. The van der Waals surface area contributed by atoms with Gasteiger partial charge in [0.25, 0.3) is 0 Å². The summed E-state index contributed by atoms with van der Waals surface area (Å²) in [5.74, 6) is -0.120. The van der Waals surface area contributed by atoms with Crippen molar-refractivity contribution >= 4 is 23.6 Å². The summed E-state index contributed by atoms with van der Waals surface area (Å²) in [5.41, 5.74) is 0.968. The second-order valence-corrected chi connectivity index (χ2v) is 7.29. The smallest absolute Gasteiger partial charge is 0.417 e. The average molecular weight is 464 g/mol. The largest absolute Gasteiger partial charge is 0.488 e. The van der Waals surface area contributed by atoms with Crippen LogP contribution in [-0.2, 0) is 4.74 Å². The Bertz CT molecular complexity index is 1150. The summed E-state index contributed by atoms with van der Waals surface area (Å²) in [6.45, 7) is 4.17. The Balaban J connectivity index is 1.59. The lowest BCUT2D eigenvalue weighted by Crippen LogP contribution is -2.37. The van der Waals surface area contributed by atoms with E-state index in [1.807, 2.05) is 11.0 Å². The van der Waals surface area contributed by atoms with Crippen LogP contribution < -0.4 is 19.7 Å². The highest BCUT2D eigenvalue weighted by molar-refractivity contribution is 5.91. The van der Waals surface area contributed by atoms with E-state index in [2.05, 4.69) is 15.3 Å². The minimum absolute atomic E-state index is 0.137. The average Bonchev–Trinajstić information content (AvgIpc) is 2.86. The zero-order valence-electron chi connectivity index (χ0n) is 18.6. The van der Waals surface area contributed by atoms with Gasteiger partial charge in [0.15, 0.2) is 23.1 Å². The third-order valence-electron chi connectivity index (χ3n) is 4.99. The molecule has 10 heteroatoms. The van der Waals surface area contributed by atoms with Crippen LogP contribution in [0.3, 0.4) is 0 Å². The molecule has 0 unspecified atom stereocenters. The van der Waals surface area contributed by atoms with Crippen molar-refractivity contribution in [3.63, 3.8) is 0 Å². The Hall–Kier alpha value is -4.18. The number of nitrogens with zero attached hydrogens (tertiary/aromatic N) is 3. The number of carbonyl (C=O) groups excluding carboxylic acids is 1. The summed E-state index contributed by atoms with van der Waals surface area (Å²) < 4.78 is 16.4. The third-order valence-corrected chi connectivity index (χ3v) is 4.99. The van der Waals surface area contributed by atoms with Gasteiger partial charge in [-0.15, -0.1) is 0 Å². The molecule has 3 aromatic rings. The topological polar surface area (TPSA) is 123 Å². The molecule has 2 aromatic carbocycles. The van der Waals surface area contributed by atoms with Crippen molar-refractivity contribution in [3.8, 4) is 22.9 Å². The predicted octanol–water partition coefficient (Wildman–Crippen LogP) is 3.69. The number of morpholine rings is 1. The van der Waals surface area contributed by atoms with E-state index in [1.54, 1.807) is 55.5 Å². The van der Waals surface area contributed by atoms with Crippen LogP contribution >= 0.6 is 0 Å². The molecule has 176 valence electrons. The van der Waals surface area contributed by atoms with E-state index in [9.17, 15) is 14.7 Å². The van der Waals surface area contributed by atoms with E-state index in [0.717, 1.165) is 0 Å². The van der Waals surface area contributed by atoms with Gasteiger partial charge in [0.1, 0.15) is 5.75 Å². The van der Waals surface area contributed by atoms with Gasteiger partial charge in [-0.05, 0) is 43.3 Å². The van der Waals surface area contributed by atoms with Crippen LogP contribution in [0.2, 0.25) is 0 Å². The highest BCUT2D eigenvalue weighted by Crippen LogP contribution is 2.33. The Morgan fingerprint density at radius 2 is 1.76 bits per heavy atom. The Labute approximate surface area is 196 Å². The van der Waals surface area contributed by atoms with E-state index >= 15 is 0 Å². The van der Waals surface area contributed by atoms with Gasteiger partial charge in [0.2, 0.25) is 0 Å². The normalized spacial score (nSPS) is 13.3. The number of para-hydroxylation sites is 1. The number of ether oxygens (including phenoxy) is 3. The van der Waals surface area contributed by atoms with Gasteiger partial charge in [0.05, 0.1) is 19.8 Å². The van der Waals surface area contributed by atoms with Gasteiger partial charge in [0, 0.05) is 24.3 Å². The highest BCUT2D eigenvalue weighted by atomic mass is 16.6. The predicted molar refractivity (Wildman–Crippen MR) is 125 cm³/mol. The lowest BCUT2D eigenvalue weighted by molar-refractivity contribution is 0.0685. The molecule has 0 aliphatic carbocycles. The number of hydrogen-bond donors (Lipinski definition) is 2. The van der Waals surface area contributed by atoms with Crippen molar-refractivity contribution in [1.82, 2.24) is 9.97 Å². The van der Waals surface area contributed by atoms with Crippen molar-refractivity contribution in [2.45, 2.75) is 6.92 Å². The molecule has 34 heavy (non-hydrogen) atoms. The van der Waals surface area contributed by atoms with Crippen molar-refractivity contribution in [2.24, 2.45) is 0 Å². The Morgan fingerprint density at radius 1 is 1.06 bits per heavy atom. The summed E-state index contributed by atoms with van der Waals surface area (Å²) in [7, 11) is 0. The van der Waals surface area contributed by atoms with Crippen LogP contribution in [0.5, 0.6) is 11.5 Å². The standard InChI is InChI=1S/C24H24N4O6/c1-2-33-20-19(23(29)30)26-21(27-22(20)28-12-14-32-15-13-28)16-8-10-18(11-9-16)34-24(31)25-17-6-4-3-5-7-17/h3-11H,2,12-15H2,1H3,(H,25,31)(H,29,30). The minimum atomic E-state index is -1.21. The summed E-state index contributed by atoms with van der Waals surface area (Å²) in [5, 5.41) is 12.4. The van der Waals surface area contributed by atoms with Crippen molar-refractivity contribution in [3.05, 3.63) is 60.3 Å². The van der Waals surface area contributed by atoms with Crippen molar-refractivity contribution in [1.29, 1.82) is 0 Å². The molecule has 1 aliphatic heterocycles. The fourth-order valence-electron chi connectivity index (χ4n) is 3.42. The van der Waals surface area contributed by atoms with Crippen LogP contribution in [0.25, 0.3) is 11.4 Å². The molecule has 1 aliphatic rings. The molecule has 1 saturated heterocycles. The highest BCUT2D eigenvalue weighted by Gasteiger charge is 2.26. The maximum absolute atomic E-state index is 12.1. The maximum atomic E-state index is 12.1. The number of carboxylic acids is 1. The van der Waals surface area contributed by atoms with Crippen LogP contribution in [0.15, 0.2) is 54.6 Å². The molecule has 10 nitrogen and oxygen atoms in total. The molecular formula is C24H24N4O6. The number of anilines is 2. The van der Waals surface area contributed by atoms with Gasteiger partial charge in [-0.25, -0.2) is 19.6 Å². The number of benzene rings is 2. The molecule has 2 heterocycles. The maximum Gasteiger partial charge on any atom is 0.417 e. The SMILES string of the molecule is CCOc1c(C(=O)O)nc(-c2ccc(OC(=O)Nc3ccccc3)cc2)nc1N1CCOCC1. The molecule has 0 saturated carbocycles. The van der Waals surface area contributed by atoms with Gasteiger partial charge in [-0.3, -0.25) is 5.32 Å². The fraction of sp³-hybridized carbons (Fsp3) is 0.250. The molecule has 0 bridgehead atoms. The van der Waals surface area contributed by atoms with E-state index in [1.165, 1.54) is 0 Å². The lowest BCUT2D eigenvalue weighted by Gasteiger charge is -2.29. The first kappa shape index (κ1) is 23.0. The monoisotopic (exact) mass is 464 g/mol. The van der Waals surface area contributed by atoms with Crippen molar-refractivity contribution in [2.75, 3.05) is 43.1 Å². The van der Waals surface area contributed by atoms with Gasteiger partial charge < -0.3 is 24.2 Å². The van der Waals surface area contributed by atoms with E-state index in [-0.39, 0.29) is 23.9 Å². The van der Waals surface area contributed by atoms with Crippen molar-refractivity contribution < 1.29 is 28.9 Å². The summed E-state index contributed by atoms with van der Waals surface area (Å²) in [6, 6.07) is 15.5. The van der Waals surface area contributed by atoms with Crippen LogP contribution in [0.4, 0.5) is 16.3 Å². The van der Waals surface area contributed by atoms with Crippen LogP contribution in [0, 0.1) is 0 Å². The molecule has 4 rings (SSSR count). The zero-order chi connectivity index (χ0) is 23.9. The van der Waals surface area contributed by atoms with Crippen LogP contribution in [-0.4, -0.2) is 60.0 Å². The van der Waals surface area contributed by atoms with Gasteiger partial charge in [-0.2, -0.15) is 0 Å². The van der Waals surface area contributed by atoms with Crippen LogP contribution in [0.1, 0.15) is 17.4 Å². The quantitative estimate of drug-likeness (QED) is 0.539. The Kier molecular flexibility index (Phi) is 7.19. The molecule has 1 aromatic heterocycles. The first-order chi connectivity index (χ1) is 16.5. The molecule has 1 amide bonds.